The number of nitrogens with zero attached hydrogens (tertiary/aromatic N) is 1. The van der Waals surface area contributed by atoms with Crippen molar-refractivity contribution in [1.82, 2.24) is 4.90 Å². The van der Waals surface area contributed by atoms with Crippen molar-refractivity contribution in [2.75, 3.05) is 26.8 Å². The Bertz CT molecular complexity index is 461. The molecule has 1 fully saturated rings. The zero-order valence-corrected chi connectivity index (χ0v) is 12.8. The van der Waals surface area contributed by atoms with Crippen molar-refractivity contribution in [3.8, 4) is 0 Å². The molecule has 5 heteroatoms. The number of aliphatic hydroxyl groups is 1. The summed E-state index contributed by atoms with van der Waals surface area (Å²) in [7, 11) is 1.92. The molecule has 0 radical (unpaired) electrons. The van der Waals surface area contributed by atoms with Gasteiger partial charge in [-0.25, -0.2) is 4.39 Å². The van der Waals surface area contributed by atoms with Gasteiger partial charge in [-0.05, 0) is 31.7 Å². The van der Waals surface area contributed by atoms with E-state index in [1.807, 2.05) is 24.9 Å². The zero-order valence-electron chi connectivity index (χ0n) is 12.8. The van der Waals surface area contributed by atoms with Crippen LogP contribution >= 0.6 is 0 Å². The fourth-order valence-electron chi connectivity index (χ4n) is 3.12. The lowest BCUT2D eigenvalue weighted by molar-refractivity contribution is -0.0824. The summed E-state index contributed by atoms with van der Waals surface area (Å²) in [5.74, 6) is -0.267. The number of ether oxygens (including phenoxy) is 1. The van der Waals surface area contributed by atoms with Gasteiger partial charge in [-0.15, -0.1) is 0 Å². The minimum atomic E-state index is -0.756. The average molecular weight is 296 g/mol. The predicted octanol–water partition coefficient (Wildman–Crippen LogP) is 1.69. The molecule has 0 aromatic heterocycles. The van der Waals surface area contributed by atoms with E-state index in [1.54, 1.807) is 6.07 Å². The molecule has 1 aromatic carbocycles. The monoisotopic (exact) mass is 296 g/mol. The van der Waals surface area contributed by atoms with E-state index < -0.39 is 5.60 Å². The second-order valence-electron chi connectivity index (χ2n) is 6.11. The van der Waals surface area contributed by atoms with Gasteiger partial charge in [0.15, 0.2) is 0 Å². The van der Waals surface area contributed by atoms with Crippen molar-refractivity contribution >= 4 is 0 Å². The van der Waals surface area contributed by atoms with E-state index in [0.717, 1.165) is 5.56 Å². The second kappa shape index (κ2) is 6.83. The van der Waals surface area contributed by atoms with Gasteiger partial charge in [-0.2, -0.15) is 0 Å². The molecular formula is C16H25FN2O2. The highest BCUT2D eigenvalue weighted by Crippen LogP contribution is 2.28. The van der Waals surface area contributed by atoms with Gasteiger partial charge in [0.2, 0.25) is 0 Å². The molecule has 4 nitrogen and oxygen atoms in total. The fraction of sp³-hybridized carbons (Fsp3) is 0.625. The van der Waals surface area contributed by atoms with Gasteiger partial charge in [0, 0.05) is 44.7 Å². The van der Waals surface area contributed by atoms with Gasteiger partial charge in [-0.3, -0.25) is 4.90 Å². The molecule has 2 rings (SSSR count). The summed E-state index contributed by atoms with van der Waals surface area (Å²) in [6.07, 6.45) is 1.23. The third-order valence-electron chi connectivity index (χ3n) is 4.13. The van der Waals surface area contributed by atoms with Crippen molar-refractivity contribution in [2.24, 2.45) is 5.73 Å². The average Bonchev–Trinajstić information content (AvgIpc) is 2.38. The van der Waals surface area contributed by atoms with Crippen LogP contribution in [0.3, 0.4) is 0 Å². The van der Waals surface area contributed by atoms with Crippen molar-refractivity contribution < 1.29 is 14.2 Å². The van der Waals surface area contributed by atoms with Crippen molar-refractivity contribution in [2.45, 2.75) is 37.5 Å². The standard InChI is InChI=1S/C16H25FN2O2/c1-12(18)15(13-4-3-5-14(17)10-13)19(2)11-16(20)6-8-21-9-7-16/h3-5,10,12,15,20H,6-9,11,18H2,1-2H3. The number of hydrogen-bond acceptors (Lipinski definition) is 4. The van der Waals surface area contributed by atoms with E-state index >= 15 is 0 Å². The van der Waals surface area contributed by atoms with Crippen LogP contribution in [0.4, 0.5) is 4.39 Å². The Morgan fingerprint density at radius 3 is 2.67 bits per heavy atom. The Morgan fingerprint density at radius 2 is 2.10 bits per heavy atom. The van der Waals surface area contributed by atoms with E-state index in [4.69, 9.17) is 10.5 Å². The molecule has 1 heterocycles. The Hall–Kier alpha value is -1.01. The van der Waals surface area contributed by atoms with Crippen LogP contribution in [0, 0.1) is 5.82 Å². The Labute approximate surface area is 125 Å². The fourth-order valence-corrected chi connectivity index (χ4v) is 3.12. The molecule has 0 amide bonds. The first kappa shape index (κ1) is 16.4. The minimum Gasteiger partial charge on any atom is -0.388 e. The summed E-state index contributed by atoms with van der Waals surface area (Å²) in [6.45, 7) is 3.56. The van der Waals surface area contributed by atoms with Crippen molar-refractivity contribution in [1.29, 1.82) is 0 Å². The number of likely N-dealkylation sites (N-methyl/N-ethyl adjacent to an activating group) is 1. The van der Waals surface area contributed by atoms with E-state index in [2.05, 4.69) is 0 Å². The molecule has 1 aromatic rings. The van der Waals surface area contributed by atoms with Gasteiger partial charge >= 0.3 is 0 Å². The summed E-state index contributed by atoms with van der Waals surface area (Å²) < 4.78 is 18.8. The third-order valence-corrected chi connectivity index (χ3v) is 4.13. The second-order valence-corrected chi connectivity index (χ2v) is 6.11. The lowest BCUT2D eigenvalue weighted by atomic mass is 9.91. The predicted molar refractivity (Wildman–Crippen MR) is 80.4 cm³/mol. The maximum Gasteiger partial charge on any atom is 0.123 e. The highest BCUT2D eigenvalue weighted by atomic mass is 19.1. The highest BCUT2D eigenvalue weighted by molar-refractivity contribution is 5.21. The lowest BCUT2D eigenvalue weighted by Gasteiger charge is -2.39. The summed E-state index contributed by atoms with van der Waals surface area (Å²) in [6, 6.07) is 6.21. The Morgan fingerprint density at radius 1 is 1.43 bits per heavy atom. The summed E-state index contributed by atoms with van der Waals surface area (Å²) in [5, 5.41) is 10.6. The van der Waals surface area contributed by atoms with Gasteiger partial charge in [0.05, 0.1) is 5.60 Å². The molecule has 118 valence electrons. The zero-order chi connectivity index (χ0) is 15.5. The number of halogens is 1. The quantitative estimate of drug-likeness (QED) is 0.868. The van der Waals surface area contributed by atoms with Crippen LogP contribution in [0.25, 0.3) is 0 Å². The first-order chi connectivity index (χ1) is 9.91. The molecule has 3 N–H and O–H groups in total. The maximum atomic E-state index is 13.5. The number of hydrogen-bond donors (Lipinski definition) is 2. The van der Waals surface area contributed by atoms with Crippen LogP contribution < -0.4 is 5.73 Å². The summed E-state index contributed by atoms with van der Waals surface area (Å²) in [5.41, 5.74) is 6.18. The first-order valence-corrected chi connectivity index (χ1v) is 7.43. The van der Waals surface area contributed by atoms with Crippen molar-refractivity contribution in [3.63, 3.8) is 0 Å². The first-order valence-electron chi connectivity index (χ1n) is 7.43. The summed E-state index contributed by atoms with van der Waals surface area (Å²) in [4.78, 5) is 2.02. The molecule has 0 saturated carbocycles. The van der Waals surface area contributed by atoms with E-state index in [9.17, 15) is 9.50 Å². The normalized spacial score (nSPS) is 21.2. The Balaban J connectivity index is 2.14. The van der Waals surface area contributed by atoms with Crippen LogP contribution in [-0.4, -0.2) is 48.5 Å². The Kier molecular flexibility index (Phi) is 5.32. The highest BCUT2D eigenvalue weighted by Gasteiger charge is 2.34. The maximum absolute atomic E-state index is 13.5. The molecule has 2 unspecified atom stereocenters. The molecular weight excluding hydrogens is 271 g/mol. The largest absolute Gasteiger partial charge is 0.388 e. The summed E-state index contributed by atoms with van der Waals surface area (Å²) >= 11 is 0. The third kappa shape index (κ3) is 4.23. The van der Waals surface area contributed by atoms with Gasteiger partial charge in [-0.1, -0.05) is 12.1 Å². The van der Waals surface area contributed by atoms with Crippen LogP contribution in [0.5, 0.6) is 0 Å². The molecule has 1 saturated heterocycles. The molecule has 0 aliphatic carbocycles. The molecule has 1 aliphatic heterocycles. The molecule has 1 aliphatic rings. The number of rotatable bonds is 5. The molecule has 0 bridgehead atoms. The minimum absolute atomic E-state index is 0.132. The number of nitrogens with two attached hydrogens (primary N) is 1. The van der Waals surface area contributed by atoms with Gasteiger partial charge in [0.25, 0.3) is 0 Å². The molecule has 21 heavy (non-hydrogen) atoms. The van der Waals surface area contributed by atoms with E-state index in [0.29, 0.717) is 32.6 Å². The van der Waals surface area contributed by atoms with Gasteiger partial charge in [0.1, 0.15) is 5.82 Å². The van der Waals surface area contributed by atoms with Crippen LogP contribution in [-0.2, 0) is 4.74 Å². The van der Waals surface area contributed by atoms with Gasteiger partial charge < -0.3 is 15.6 Å². The SMILES string of the molecule is CC(N)C(c1cccc(F)c1)N(C)CC1(O)CCOCC1. The van der Waals surface area contributed by atoms with E-state index in [1.165, 1.54) is 12.1 Å². The topological polar surface area (TPSA) is 58.7 Å². The molecule has 2 atom stereocenters. The van der Waals surface area contributed by atoms with Crippen LogP contribution in [0.1, 0.15) is 31.4 Å². The number of benzene rings is 1. The smallest absolute Gasteiger partial charge is 0.123 e. The van der Waals surface area contributed by atoms with E-state index in [-0.39, 0.29) is 17.9 Å². The molecule has 0 spiro atoms. The van der Waals surface area contributed by atoms with Crippen molar-refractivity contribution in [3.05, 3.63) is 35.6 Å². The van der Waals surface area contributed by atoms with Crippen LogP contribution in [0.15, 0.2) is 24.3 Å². The lowest BCUT2D eigenvalue weighted by Crippen LogP contribution is -2.49. The van der Waals surface area contributed by atoms with Crippen LogP contribution in [0.2, 0.25) is 0 Å².